The van der Waals surface area contributed by atoms with Gasteiger partial charge in [0, 0.05) is 25.6 Å². The standard InChI is InChI=1S/C30H31F3N2O5/c1-17(36)40-29-12-11-21(35(3)24(38)10-7-18-5-4-6-20(15-18)30(31,32)33)27-28(29)13-14-34(2)23(29)16-19-8-9-22(37)26(39-27)25(19)28/h4-10,15,21,23,27,37H,11-14,16H2,1-3H3/t21-,23+,27-,28-,29+/m0/s1. The Bertz CT molecular complexity index is 1420. The molecule has 2 aromatic carbocycles. The molecule has 2 aliphatic carbocycles. The molecule has 2 bridgehead atoms. The lowest BCUT2D eigenvalue weighted by Gasteiger charge is -2.65. The molecule has 1 saturated heterocycles. The molecule has 2 aliphatic heterocycles. The van der Waals surface area contributed by atoms with Gasteiger partial charge in [-0.3, -0.25) is 14.5 Å². The molecule has 0 unspecified atom stereocenters. The van der Waals surface area contributed by atoms with E-state index in [-0.39, 0.29) is 29.2 Å². The zero-order valence-electron chi connectivity index (χ0n) is 22.5. The third-order valence-corrected chi connectivity index (χ3v) is 9.46. The van der Waals surface area contributed by atoms with Crippen LogP contribution in [-0.4, -0.2) is 71.2 Å². The number of likely N-dealkylation sites (N-methyl/N-ethyl adjacent to an activating group) is 2. The quantitative estimate of drug-likeness (QED) is 0.447. The first kappa shape index (κ1) is 26.7. The SMILES string of the molecule is CC(=O)O[C@@]12CC[C@H](N(C)C(=O)C=Cc3cccc(C(F)(F)F)c3)[C@@H]3Oc4c(O)ccc5c4[C@@]31CCN(C)[C@@H]2C5. The fourth-order valence-corrected chi connectivity index (χ4v) is 7.82. The Balaban J connectivity index is 1.38. The van der Waals surface area contributed by atoms with Gasteiger partial charge in [-0.25, -0.2) is 0 Å². The average Bonchev–Trinajstić information content (AvgIpc) is 3.25. The number of ether oxygens (including phenoxy) is 2. The zero-order valence-corrected chi connectivity index (χ0v) is 22.5. The van der Waals surface area contributed by atoms with Gasteiger partial charge in [0.05, 0.1) is 23.1 Å². The highest BCUT2D eigenvalue weighted by Gasteiger charge is 2.75. The lowest BCUT2D eigenvalue weighted by molar-refractivity contribution is -0.220. The van der Waals surface area contributed by atoms with E-state index < -0.39 is 34.9 Å². The Morgan fingerprint density at radius 3 is 2.73 bits per heavy atom. The second-order valence-electron chi connectivity index (χ2n) is 11.4. The van der Waals surface area contributed by atoms with E-state index in [1.54, 1.807) is 18.0 Å². The molecule has 1 spiro atoms. The molecule has 2 fully saturated rings. The number of benzene rings is 2. The number of nitrogens with zero attached hydrogens (tertiary/aromatic N) is 2. The Morgan fingerprint density at radius 2 is 2.00 bits per heavy atom. The van der Waals surface area contributed by atoms with E-state index in [2.05, 4.69) is 4.90 Å². The Hall–Kier alpha value is -3.53. The number of hydrogen-bond acceptors (Lipinski definition) is 6. The molecule has 6 rings (SSSR count). The molecule has 40 heavy (non-hydrogen) atoms. The van der Waals surface area contributed by atoms with Crippen LogP contribution in [0.3, 0.4) is 0 Å². The van der Waals surface area contributed by atoms with E-state index in [0.29, 0.717) is 31.4 Å². The lowest BCUT2D eigenvalue weighted by atomic mass is 9.48. The second-order valence-corrected chi connectivity index (χ2v) is 11.4. The van der Waals surface area contributed by atoms with Crippen molar-refractivity contribution >= 4 is 18.0 Å². The van der Waals surface area contributed by atoms with Crippen LogP contribution in [0.5, 0.6) is 11.5 Å². The van der Waals surface area contributed by atoms with Gasteiger partial charge in [-0.2, -0.15) is 13.2 Å². The summed E-state index contributed by atoms with van der Waals surface area (Å²) in [5, 5.41) is 10.8. The zero-order chi connectivity index (χ0) is 28.6. The summed E-state index contributed by atoms with van der Waals surface area (Å²) >= 11 is 0. The van der Waals surface area contributed by atoms with Crippen LogP contribution in [0.15, 0.2) is 42.5 Å². The minimum Gasteiger partial charge on any atom is -0.504 e. The first-order valence-corrected chi connectivity index (χ1v) is 13.4. The third kappa shape index (κ3) is 3.68. The van der Waals surface area contributed by atoms with Crippen molar-refractivity contribution in [2.45, 2.75) is 68.0 Å². The summed E-state index contributed by atoms with van der Waals surface area (Å²) in [7, 11) is 3.68. The summed E-state index contributed by atoms with van der Waals surface area (Å²) in [5.41, 5.74) is -0.277. The molecular weight excluding hydrogens is 525 g/mol. The average molecular weight is 557 g/mol. The van der Waals surface area contributed by atoms with E-state index in [4.69, 9.17) is 9.47 Å². The number of aromatic hydroxyl groups is 1. The van der Waals surface area contributed by atoms with Crippen LogP contribution in [-0.2, 0) is 32.3 Å². The number of amides is 1. The minimum atomic E-state index is -4.48. The number of piperidine rings is 1. The van der Waals surface area contributed by atoms with Crippen LogP contribution in [0.25, 0.3) is 6.08 Å². The number of rotatable bonds is 4. The molecule has 1 N–H and O–H groups in total. The molecule has 0 aromatic heterocycles. The van der Waals surface area contributed by atoms with E-state index in [1.165, 1.54) is 31.2 Å². The highest BCUT2D eigenvalue weighted by molar-refractivity contribution is 5.92. The van der Waals surface area contributed by atoms with Crippen LogP contribution in [0.2, 0.25) is 0 Å². The first-order valence-electron chi connectivity index (χ1n) is 13.4. The highest BCUT2D eigenvalue weighted by atomic mass is 19.4. The van der Waals surface area contributed by atoms with Gasteiger partial charge in [-0.15, -0.1) is 0 Å². The summed E-state index contributed by atoms with van der Waals surface area (Å²) in [6.07, 6.45) is -0.197. The van der Waals surface area contributed by atoms with Gasteiger partial charge in [0.2, 0.25) is 5.91 Å². The normalized spacial score (nSPS) is 30.5. The fourth-order valence-electron chi connectivity index (χ4n) is 7.82. The fraction of sp³-hybridized carbons (Fsp3) is 0.467. The molecule has 1 saturated carbocycles. The Labute approximate surface area is 230 Å². The van der Waals surface area contributed by atoms with Crippen molar-refractivity contribution in [3.05, 3.63) is 64.7 Å². The number of carbonyl (C=O) groups excluding carboxylic acids is 2. The largest absolute Gasteiger partial charge is 0.504 e. The number of phenolic OH excluding ortho intramolecular Hbond substituents is 1. The lowest BCUT2D eigenvalue weighted by Crippen LogP contribution is -2.78. The molecule has 4 aliphatic rings. The Kier molecular flexibility index (Phi) is 6.00. The van der Waals surface area contributed by atoms with Crippen LogP contribution in [0, 0.1) is 0 Å². The number of hydrogen-bond donors (Lipinski definition) is 1. The van der Waals surface area contributed by atoms with Crippen molar-refractivity contribution < 1.29 is 37.3 Å². The van der Waals surface area contributed by atoms with Gasteiger partial charge in [-0.1, -0.05) is 18.2 Å². The van der Waals surface area contributed by atoms with E-state index in [1.807, 2.05) is 13.1 Å². The van der Waals surface area contributed by atoms with Gasteiger partial charge >= 0.3 is 12.1 Å². The van der Waals surface area contributed by atoms with Crippen LogP contribution in [0.4, 0.5) is 13.2 Å². The number of alkyl halides is 3. The molecular formula is C30H31F3N2O5. The van der Waals surface area contributed by atoms with Crippen molar-refractivity contribution in [2.24, 2.45) is 0 Å². The summed E-state index contributed by atoms with van der Waals surface area (Å²) in [6.45, 7) is 2.13. The molecule has 2 heterocycles. The summed E-state index contributed by atoms with van der Waals surface area (Å²) in [6, 6.07) is 7.80. The van der Waals surface area contributed by atoms with E-state index >= 15 is 0 Å². The summed E-state index contributed by atoms with van der Waals surface area (Å²) in [5.74, 6) is -0.381. The number of halogens is 3. The van der Waals surface area contributed by atoms with E-state index in [9.17, 15) is 27.9 Å². The molecule has 7 nitrogen and oxygen atoms in total. The van der Waals surface area contributed by atoms with Gasteiger partial charge in [0.1, 0.15) is 11.7 Å². The second kappa shape index (κ2) is 8.99. The maximum atomic E-state index is 13.4. The topological polar surface area (TPSA) is 79.3 Å². The summed E-state index contributed by atoms with van der Waals surface area (Å²) in [4.78, 5) is 29.7. The molecule has 2 aromatic rings. The predicted octanol–water partition coefficient (Wildman–Crippen LogP) is 4.31. The van der Waals surface area contributed by atoms with Crippen LogP contribution >= 0.6 is 0 Å². The maximum Gasteiger partial charge on any atom is 0.416 e. The molecule has 5 atom stereocenters. The maximum absolute atomic E-state index is 13.4. The number of carbonyl (C=O) groups is 2. The summed E-state index contributed by atoms with van der Waals surface area (Å²) < 4.78 is 52.3. The number of phenols is 1. The van der Waals surface area contributed by atoms with Gasteiger partial charge in [-0.05, 0) is 74.7 Å². The highest BCUT2D eigenvalue weighted by Crippen LogP contribution is 2.66. The first-order chi connectivity index (χ1) is 18.9. The minimum absolute atomic E-state index is 0.00815. The van der Waals surface area contributed by atoms with Gasteiger partial charge < -0.3 is 19.5 Å². The smallest absolute Gasteiger partial charge is 0.416 e. The monoisotopic (exact) mass is 556 g/mol. The van der Waals surface area contributed by atoms with Gasteiger partial charge in [0.15, 0.2) is 11.5 Å². The Morgan fingerprint density at radius 1 is 1.23 bits per heavy atom. The van der Waals surface area contributed by atoms with E-state index in [0.717, 1.165) is 29.8 Å². The molecule has 10 heteroatoms. The molecule has 212 valence electrons. The van der Waals surface area contributed by atoms with Crippen molar-refractivity contribution in [3.8, 4) is 11.5 Å². The van der Waals surface area contributed by atoms with Crippen molar-refractivity contribution in [3.63, 3.8) is 0 Å². The molecule has 0 radical (unpaired) electrons. The van der Waals surface area contributed by atoms with Crippen molar-refractivity contribution in [1.82, 2.24) is 9.80 Å². The third-order valence-electron chi connectivity index (χ3n) is 9.46. The predicted molar refractivity (Wildman–Crippen MR) is 140 cm³/mol. The number of esters is 1. The van der Waals surface area contributed by atoms with Crippen molar-refractivity contribution in [2.75, 3.05) is 20.6 Å². The van der Waals surface area contributed by atoms with Crippen LogP contribution in [0.1, 0.15) is 48.4 Å². The van der Waals surface area contributed by atoms with Crippen LogP contribution < -0.4 is 4.74 Å². The molecule has 1 amide bonds. The number of likely N-dealkylation sites (tertiary alicyclic amines) is 1. The van der Waals surface area contributed by atoms with Gasteiger partial charge in [0.25, 0.3) is 0 Å². The van der Waals surface area contributed by atoms with Crippen molar-refractivity contribution in [1.29, 1.82) is 0 Å².